The monoisotopic (exact) mass is 495 g/mol. The van der Waals surface area contributed by atoms with Gasteiger partial charge in [-0.3, -0.25) is 9.97 Å². The van der Waals surface area contributed by atoms with Gasteiger partial charge >= 0.3 is 0 Å². The fraction of sp³-hybridized carbons (Fsp3) is 0.276. The number of piperidine rings is 1. The Labute approximate surface area is 216 Å². The maximum Gasteiger partial charge on any atom is 0.163 e. The normalized spacial score (nSPS) is 14.2. The molecule has 1 saturated heterocycles. The molecule has 1 aliphatic heterocycles. The number of hydrogen-bond acceptors (Lipinski definition) is 8. The average Bonchev–Trinajstić information content (AvgIpc) is 2.94. The fourth-order valence-electron chi connectivity index (χ4n) is 4.42. The fourth-order valence-corrected chi connectivity index (χ4v) is 4.42. The Morgan fingerprint density at radius 1 is 1.05 bits per heavy atom. The van der Waals surface area contributed by atoms with E-state index >= 15 is 0 Å². The Bertz CT molecular complexity index is 1400. The SMILES string of the molecule is COc1cc2c(Nc3ccc(Oc4cccnc4)cc3)c(C#N)cnc2cc1OCC1CCN(C)CC1. The van der Waals surface area contributed by atoms with Crippen molar-refractivity contribution in [1.82, 2.24) is 14.9 Å². The lowest BCUT2D eigenvalue weighted by molar-refractivity contribution is 0.157. The number of methoxy groups -OCH3 is 1. The Balaban J connectivity index is 1.38. The molecule has 0 radical (unpaired) electrons. The molecular formula is C29H29N5O3. The quantitative estimate of drug-likeness (QED) is 0.330. The van der Waals surface area contributed by atoms with Gasteiger partial charge in [0.1, 0.15) is 17.6 Å². The molecule has 0 spiro atoms. The summed E-state index contributed by atoms with van der Waals surface area (Å²) in [6.45, 7) is 2.82. The first-order valence-corrected chi connectivity index (χ1v) is 12.3. The molecule has 8 heteroatoms. The summed E-state index contributed by atoms with van der Waals surface area (Å²) in [6, 6.07) is 17.2. The molecule has 8 nitrogen and oxygen atoms in total. The second-order valence-electron chi connectivity index (χ2n) is 9.18. The Kier molecular flexibility index (Phi) is 7.33. The van der Waals surface area contributed by atoms with Crippen molar-refractivity contribution in [1.29, 1.82) is 5.26 Å². The van der Waals surface area contributed by atoms with E-state index in [-0.39, 0.29) is 0 Å². The maximum atomic E-state index is 9.78. The highest BCUT2D eigenvalue weighted by molar-refractivity contribution is 5.97. The number of pyridine rings is 2. The molecule has 3 heterocycles. The highest BCUT2D eigenvalue weighted by Gasteiger charge is 2.19. The van der Waals surface area contributed by atoms with Gasteiger partial charge in [-0.1, -0.05) is 0 Å². The van der Waals surface area contributed by atoms with E-state index in [0.717, 1.165) is 42.5 Å². The minimum absolute atomic E-state index is 0.435. The molecule has 0 saturated carbocycles. The third-order valence-corrected chi connectivity index (χ3v) is 6.58. The second-order valence-corrected chi connectivity index (χ2v) is 9.18. The van der Waals surface area contributed by atoms with Crippen LogP contribution in [-0.2, 0) is 0 Å². The van der Waals surface area contributed by atoms with Crippen LogP contribution in [0.3, 0.4) is 0 Å². The first-order valence-electron chi connectivity index (χ1n) is 12.3. The topological polar surface area (TPSA) is 92.5 Å². The largest absolute Gasteiger partial charge is 0.493 e. The third-order valence-electron chi connectivity index (χ3n) is 6.58. The van der Waals surface area contributed by atoms with Gasteiger partial charge in [-0.2, -0.15) is 5.26 Å². The molecule has 37 heavy (non-hydrogen) atoms. The minimum Gasteiger partial charge on any atom is -0.493 e. The number of aromatic nitrogens is 2. The van der Waals surface area contributed by atoms with E-state index in [4.69, 9.17) is 14.2 Å². The van der Waals surface area contributed by atoms with Crippen molar-refractivity contribution in [3.8, 4) is 29.1 Å². The number of rotatable bonds is 8. The predicted molar refractivity (Wildman–Crippen MR) is 143 cm³/mol. The Morgan fingerprint density at radius 2 is 1.86 bits per heavy atom. The molecule has 0 bridgehead atoms. The molecule has 188 valence electrons. The lowest BCUT2D eigenvalue weighted by atomic mass is 9.98. The van der Waals surface area contributed by atoms with E-state index < -0.39 is 0 Å². The van der Waals surface area contributed by atoms with Crippen LogP contribution in [0.1, 0.15) is 18.4 Å². The van der Waals surface area contributed by atoms with Crippen LogP contribution in [0.25, 0.3) is 10.9 Å². The van der Waals surface area contributed by atoms with Crippen molar-refractivity contribution < 1.29 is 14.2 Å². The molecule has 0 unspecified atom stereocenters. The molecule has 0 amide bonds. The van der Waals surface area contributed by atoms with Gasteiger partial charge in [-0.15, -0.1) is 0 Å². The molecular weight excluding hydrogens is 466 g/mol. The van der Waals surface area contributed by atoms with E-state index in [0.29, 0.717) is 46.8 Å². The van der Waals surface area contributed by atoms with E-state index in [9.17, 15) is 5.26 Å². The lowest BCUT2D eigenvalue weighted by Crippen LogP contribution is -2.32. The van der Waals surface area contributed by atoms with Crippen molar-refractivity contribution in [2.24, 2.45) is 5.92 Å². The third kappa shape index (κ3) is 5.74. The molecule has 1 N–H and O–H groups in total. The summed E-state index contributed by atoms with van der Waals surface area (Å²) >= 11 is 0. The second kappa shape index (κ2) is 11.1. The van der Waals surface area contributed by atoms with Crippen molar-refractivity contribution in [2.75, 3.05) is 39.2 Å². The van der Waals surface area contributed by atoms with Crippen molar-refractivity contribution in [2.45, 2.75) is 12.8 Å². The number of ether oxygens (including phenoxy) is 3. The molecule has 5 rings (SSSR count). The number of hydrogen-bond donors (Lipinski definition) is 1. The van der Waals surface area contributed by atoms with Gasteiger partial charge in [0, 0.05) is 29.5 Å². The van der Waals surface area contributed by atoms with Crippen molar-refractivity contribution in [3.05, 3.63) is 72.7 Å². The van der Waals surface area contributed by atoms with Gasteiger partial charge in [0.05, 0.1) is 36.7 Å². The van der Waals surface area contributed by atoms with Gasteiger partial charge < -0.3 is 24.4 Å². The summed E-state index contributed by atoms with van der Waals surface area (Å²) in [6.07, 6.45) is 7.18. The number of likely N-dealkylation sites (tertiary alicyclic amines) is 1. The summed E-state index contributed by atoms with van der Waals surface area (Å²) in [5.41, 5.74) is 2.63. The standard InChI is InChI=1S/C29H29N5O3/c1-34-12-9-20(10-13-34)19-36-28-15-26-25(14-27(28)35-2)29(21(16-30)17-32-26)33-22-5-7-23(8-6-22)37-24-4-3-11-31-18-24/h3-8,11,14-15,17-18,20H,9-10,12-13,19H2,1-2H3,(H,32,33). The first kappa shape index (κ1) is 24.3. The molecule has 2 aromatic carbocycles. The Hall–Kier alpha value is -4.35. The zero-order chi connectivity index (χ0) is 25.6. The summed E-state index contributed by atoms with van der Waals surface area (Å²) in [5.74, 6) is 3.14. The zero-order valence-corrected chi connectivity index (χ0v) is 21.0. The lowest BCUT2D eigenvalue weighted by Gasteiger charge is -2.28. The van der Waals surface area contributed by atoms with E-state index in [1.54, 1.807) is 25.7 Å². The maximum absolute atomic E-state index is 9.78. The van der Waals surface area contributed by atoms with Gasteiger partial charge in [-0.05, 0) is 81.4 Å². The number of nitriles is 1. The van der Waals surface area contributed by atoms with Crippen LogP contribution < -0.4 is 19.5 Å². The summed E-state index contributed by atoms with van der Waals surface area (Å²) in [7, 11) is 3.78. The number of fused-ring (bicyclic) bond motifs is 1. The van der Waals surface area contributed by atoms with Crippen LogP contribution in [0.4, 0.5) is 11.4 Å². The van der Waals surface area contributed by atoms with E-state index in [1.807, 2.05) is 48.5 Å². The van der Waals surface area contributed by atoms with Crippen molar-refractivity contribution >= 4 is 22.3 Å². The molecule has 0 aliphatic carbocycles. The smallest absolute Gasteiger partial charge is 0.163 e. The predicted octanol–water partition coefficient (Wildman–Crippen LogP) is 5.77. The summed E-state index contributed by atoms with van der Waals surface area (Å²) < 4.78 is 17.7. The van der Waals surface area contributed by atoms with Crippen LogP contribution >= 0.6 is 0 Å². The highest BCUT2D eigenvalue weighted by atomic mass is 16.5. The van der Waals surface area contributed by atoms with Gasteiger partial charge in [0.15, 0.2) is 11.5 Å². The first-order chi connectivity index (χ1) is 18.1. The van der Waals surface area contributed by atoms with E-state index in [2.05, 4.69) is 33.3 Å². The minimum atomic E-state index is 0.435. The Morgan fingerprint density at radius 3 is 2.57 bits per heavy atom. The number of nitrogens with zero attached hydrogens (tertiary/aromatic N) is 4. The summed E-state index contributed by atoms with van der Waals surface area (Å²) in [5, 5.41) is 13.9. The van der Waals surface area contributed by atoms with Gasteiger partial charge in [0.2, 0.25) is 0 Å². The zero-order valence-electron chi connectivity index (χ0n) is 21.0. The van der Waals surface area contributed by atoms with E-state index in [1.165, 1.54) is 0 Å². The van der Waals surface area contributed by atoms with Crippen LogP contribution in [0.5, 0.6) is 23.0 Å². The molecule has 0 atom stereocenters. The molecule has 2 aromatic heterocycles. The van der Waals surface area contributed by atoms with Crippen LogP contribution in [0.15, 0.2) is 67.1 Å². The van der Waals surface area contributed by atoms with Crippen LogP contribution in [0.2, 0.25) is 0 Å². The van der Waals surface area contributed by atoms with Crippen LogP contribution in [0, 0.1) is 17.2 Å². The van der Waals surface area contributed by atoms with Gasteiger partial charge in [0.25, 0.3) is 0 Å². The van der Waals surface area contributed by atoms with Crippen molar-refractivity contribution in [3.63, 3.8) is 0 Å². The number of benzene rings is 2. The van der Waals surface area contributed by atoms with Crippen LogP contribution in [-0.4, -0.2) is 48.7 Å². The summed E-state index contributed by atoms with van der Waals surface area (Å²) in [4.78, 5) is 10.9. The van der Waals surface area contributed by atoms with Gasteiger partial charge in [-0.25, -0.2) is 0 Å². The molecule has 1 aliphatic rings. The highest BCUT2D eigenvalue weighted by Crippen LogP contribution is 2.38. The molecule has 4 aromatic rings. The average molecular weight is 496 g/mol. The number of nitrogens with one attached hydrogen (secondary N) is 1. The molecule has 1 fully saturated rings. The number of anilines is 2.